The molecule has 1 aliphatic carbocycles. The maximum absolute atomic E-state index is 12.4. The maximum Gasteiger partial charge on any atom is 0.242 e. The summed E-state index contributed by atoms with van der Waals surface area (Å²) in [5.41, 5.74) is 0. The molecule has 2 aliphatic rings. The molecule has 25 heavy (non-hydrogen) atoms. The Hall–Kier alpha value is -1.22. The molecule has 1 saturated heterocycles. The number of hydrogen-bond acceptors (Lipinski definition) is 6. The summed E-state index contributed by atoms with van der Waals surface area (Å²) >= 11 is 0. The van der Waals surface area contributed by atoms with Gasteiger partial charge in [0, 0.05) is 45.0 Å². The summed E-state index contributed by atoms with van der Waals surface area (Å²) in [7, 11) is 0.297. The van der Waals surface area contributed by atoms with Crippen molar-refractivity contribution < 1.29 is 8.42 Å². The molecule has 3 rings (SSSR count). The van der Waals surface area contributed by atoms with Crippen molar-refractivity contribution in [3.05, 3.63) is 18.3 Å². The lowest BCUT2D eigenvalue weighted by Gasteiger charge is -2.18. The van der Waals surface area contributed by atoms with Crippen LogP contribution in [0.2, 0.25) is 0 Å². The zero-order valence-electron chi connectivity index (χ0n) is 15.3. The Morgan fingerprint density at radius 2 is 2.04 bits per heavy atom. The van der Waals surface area contributed by atoms with Crippen molar-refractivity contribution in [2.75, 3.05) is 52.1 Å². The molecule has 2 fully saturated rings. The van der Waals surface area contributed by atoms with E-state index < -0.39 is 10.0 Å². The second kappa shape index (κ2) is 7.57. The first kappa shape index (κ1) is 18.6. The number of nitrogens with one attached hydrogen (secondary N) is 2. The van der Waals surface area contributed by atoms with Crippen LogP contribution in [0.25, 0.3) is 0 Å². The predicted octanol–water partition coefficient (Wildman–Crippen LogP) is 0.674. The van der Waals surface area contributed by atoms with Crippen molar-refractivity contribution in [1.82, 2.24) is 19.5 Å². The first-order valence-electron chi connectivity index (χ1n) is 8.93. The third kappa shape index (κ3) is 5.13. The van der Waals surface area contributed by atoms with Crippen LogP contribution in [0.4, 0.5) is 5.82 Å². The van der Waals surface area contributed by atoms with Gasteiger partial charge in [-0.2, -0.15) is 0 Å². The number of sulfonamides is 1. The highest BCUT2D eigenvalue weighted by molar-refractivity contribution is 7.89. The molecule has 1 aliphatic heterocycles. The molecule has 2 unspecified atom stereocenters. The topological polar surface area (TPSA) is 77.6 Å². The highest BCUT2D eigenvalue weighted by Crippen LogP contribution is 2.44. The second-order valence-electron chi connectivity index (χ2n) is 7.61. The fraction of sp³-hybridized carbons (Fsp3) is 0.706. The van der Waals surface area contributed by atoms with E-state index in [0.29, 0.717) is 12.4 Å². The predicted molar refractivity (Wildman–Crippen MR) is 99.1 cm³/mol. The molecule has 2 N–H and O–H groups in total. The first-order chi connectivity index (χ1) is 11.8. The number of likely N-dealkylation sites (N-methyl/N-ethyl adjacent to an activating group) is 1. The maximum atomic E-state index is 12.4. The summed E-state index contributed by atoms with van der Waals surface area (Å²) in [4.78, 5) is 8.87. The lowest BCUT2D eigenvalue weighted by Crippen LogP contribution is -2.39. The normalized spacial score (nSPS) is 24.3. The van der Waals surface area contributed by atoms with Crippen molar-refractivity contribution in [3.8, 4) is 0 Å². The van der Waals surface area contributed by atoms with E-state index in [1.54, 1.807) is 12.1 Å². The molecule has 1 saturated carbocycles. The highest BCUT2D eigenvalue weighted by atomic mass is 32.2. The molecule has 1 aromatic heterocycles. The smallest absolute Gasteiger partial charge is 0.242 e. The Kier molecular flexibility index (Phi) is 5.62. The number of piperidine rings is 1. The Balaban J connectivity index is 1.47. The van der Waals surface area contributed by atoms with Gasteiger partial charge in [0.2, 0.25) is 10.0 Å². The van der Waals surface area contributed by atoms with Crippen molar-refractivity contribution in [3.63, 3.8) is 0 Å². The summed E-state index contributed by atoms with van der Waals surface area (Å²) in [6, 6.07) is 3.17. The summed E-state index contributed by atoms with van der Waals surface area (Å²) in [5.74, 6) is 2.61. The summed E-state index contributed by atoms with van der Waals surface area (Å²) < 4.78 is 27.4. The van der Waals surface area contributed by atoms with Crippen LogP contribution in [0.3, 0.4) is 0 Å². The van der Waals surface area contributed by atoms with Gasteiger partial charge in [0.25, 0.3) is 0 Å². The number of rotatable bonds is 9. The van der Waals surface area contributed by atoms with Gasteiger partial charge >= 0.3 is 0 Å². The minimum atomic E-state index is -3.53. The van der Waals surface area contributed by atoms with E-state index >= 15 is 0 Å². The number of hydrogen-bond donors (Lipinski definition) is 2. The first-order valence-corrected chi connectivity index (χ1v) is 10.4. The van der Waals surface area contributed by atoms with E-state index in [1.165, 1.54) is 25.7 Å². The molecule has 8 heteroatoms. The van der Waals surface area contributed by atoms with E-state index in [4.69, 9.17) is 0 Å². The molecule has 0 bridgehead atoms. The average Bonchev–Trinajstić information content (AvgIpc) is 3.13. The third-order valence-corrected chi connectivity index (χ3v) is 6.41. The molecule has 0 radical (unpaired) electrons. The number of anilines is 1. The minimum absolute atomic E-state index is 0.163. The van der Waals surface area contributed by atoms with E-state index in [0.717, 1.165) is 24.9 Å². The molecule has 2 heterocycles. The summed E-state index contributed by atoms with van der Waals surface area (Å²) in [6.07, 6.45) is 2.83. The largest absolute Gasteiger partial charge is 0.369 e. The van der Waals surface area contributed by atoms with Crippen molar-refractivity contribution >= 4 is 15.8 Å². The van der Waals surface area contributed by atoms with Crippen molar-refractivity contribution in [2.24, 2.45) is 11.8 Å². The fourth-order valence-corrected chi connectivity index (χ4v) is 4.76. The van der Waals surface area contributed by atoms with Gasteiger partial charge in [-0.1, -0.05) is 0 Å². The number of likely N-dealkylation sites (tertiary alicyclic amines) is 1. The lowest BCUT2D eigenvalue weighted by atomic mass is 10.3. The Morgan fingerprint density at radius 3 is 2.64 bits per heavy atom. The van der Waals surface area contributed by atoms with E-state index in [9.17, 15) is 8.42 Å². The lowest BCUT2D eigenvalue weighted by molar-refractivity contribution is 0.316. The number of nitrogens with zero attached hydrogens (tertiary/aromatic N) is 3. The molecular formula is C17H29N5O2S. The zero-order chi connectivity index (χ0) is 18.0. The highest BCUT2D eigenvalue weighted by Gasteiger charge is 2.44. The van der Waals surface area contributed by atoms with E-state index in [1.807, 2.05) is 25.9 Å². The van der Waals surface area contributed by atoms with Crippen LogP contribution in [0.5, 0.6) is 0 Å². The molecule has 3 atom stereocenters. The van der Waals surface area contributed by atoms with E-state index in [2.05, 4.69) is 19.9 Å². The van der Waals surface area contributed by atoms with Crippen LogP contribution in [0.15, 0.2) is 23.2 Å². The van der Waals surface area contributed by atoms with Gasteiger partial charge in [-0.05, 0) is 51.4 Å². The fourth-order valence-electron chi connectivity index (χ4n) is 3.58. The molecule has 0 amide bonds. The van der Waals surface area contributed by atoms with Crippen LogP contribution in [-0.4, -0.2) is 76.1 Å². The number of pyridine rings is 1. The second-order valence-corrected chi connectivity index (χ2v) is 9.32. The van der Waals surface area contributed by atoms with Crippen LogP contribution in [-0.2, 0) is 10.0 Å². The SMILES string of the molecule is C[C@@H](CN(C)C)NS(=O)(=O)c1ccc(NCCN2CC3CC3C2)nc1. The van der Waals surface area contributed by atoms with Gasteiger partial charge in [0.05, 0.1) is 0 Å². The molecule has 0 spiro atoms. The van der Waals surface area contributed by atoms with Gasteiger partial charge in [0.15, 0.2) is 0 Å². The van der Waals surface area contributed by atoms with Crippen molar-refractivity contribution in [1.29, 1.82) is 0 Å². The van der Waals surface area contributed by atoms with Crippen LogP contribution >= 0.6 is 0 Å². The van der Waals surface area contributed by atoms with Gasteiger partial charge in [-0.15, -0.1) is 0 Å². The van der Waals surface area contributed by atoms with Gasteiger partial charge in [-0.25, -0.2) is 18.1 Å². The van der Waals surface area contributed by atoms with Gasteiger partial charge in [0.1, 0.15) is 10.7 Å². The van der Waals surface area contributed by atoms with Crippen LogP contribution < -0.4 is 10.0 Å². The molecule has 0 aromatic carbocycles. The Bertz CT molecular complexity index is 667. The summed E-state index contributed by atoms with van der Waals surface area (Å²) in [5, 5.41) is 3.27. The zero-order valence-corrected chi connectivity index (χ0v) is 16.1. The standard InChI is InChI=1S/C17H29N5O2S/c1-13(10-21(2)3)20-25(23,24)16-4-5-17(19-9-16)18-6-7-22-11-14-8-15(14)12-22/h4-5,9,13-15,20H,6-8,10-12H2,1-3H3,(H,18,19)/t13-,14?,15?/m0/s1. The van der Waals surface area contributed by atoms with Crippen LogP contribution in [0.1, 0.15) is 13.3 Å². The average molecular weight is 368 g/mol. The number of aromatic nitrogens is 1. The molecule has 1 aromatic rings. The van der Waals surface area contributed by atoms with Gasteiger partial charge < -0.3 is 15.1 Å². The number of fused-ring (bicyclic) bond motifs is 1. The molecular weight excluding hydrogens is 338 g/mol. The monoisotopic (exact) mass is 367 g/mol. The quantitative estimate of drug-likeness (QED) is 0.668. The minimum Gasteiger partial charge on any atom is -0.369 e. The van der Waals surface area contributed by atoms with E-state index in [-0.39, 0.29) is 10.9 Å². The third-order valence-electron chi connectivity index (χ3n) is 4.83. The van der Waals surface area contributed by atoms with Gasteiger partial charge in [-0.3, -0.25) is 0 Å². The van der Waals surface area contributed by atoms with Crippen LogP contribution in [0, 0.1) is 11.8 Å². The van der Waals surface area contributed by atoms with Crippen molar-refractivity contribution in [2.45, 2.75) is 24.3 Å². The summed E-state index contributed by atoms with van der Waals surface area (Å²) in [6.45, 7) is 6.80. The Labute approximate surface area is 150 Å². The molecule has 7 nitrogen and oxygen atoms in total. The Morgan fingerprint density at radius 1 is 1.32 bits per heavy atom. The molecule has 140 valence electrons.